The van der Waals surface area contributed by atoms with Crippen molar-refractivity contribution in [3.63, 3.8) is 0 Å². The summed E-state index contributed by atoms with van der Waals surface area (Å²) in [5.74, 6) is -0.319. The van der Waals surface area contributed by atoms with Gasteiger partial charge in [-0.05, 0) is 60.9 Å². The van der Waals surface area contributed by atoms with Gasteiger partial charge in [-0.1, -0.05) is 18.2 Å². The first-order valence-electron chi connectivity index (χ1n) is 11.7. The highest BCUT2D eigenvalue weighted by Gasteiger charge is 2.20. The van der Waals surface area contributed by atoms with Crippen molar-refractivity contribution in [3.8, 4) is 11.5 Å². The fourth-order valence-electron chi connectivity index (χ4n) is 4.44. The Hall–Kier alpha value is -3.65. The summed E-state index contributed by atoms with van der Waals surface area (Å²) < 4.78 is 37.9. The zero-order chi connectivity index (χ0) is 24.2. The molecule has 0 aromatic heterocycles. The van der Waals surface area contributed by atoms with Crippen LogP contribution in [0.1, 0.15) is 34.3 Å². The molecule has 2 aliphatic rings. The SMILES string of the molecule is O=C(NCc1ccc2c(c1)OCO2)c1ccc(N2CCC(NCc3cccc(F)c3F)CC2)cc1. The molecule has 0 spiro atoms. The molecule has 8 heteroatoms. The molecule has 0 saturated carbocycles. The summed E-state index contributed by atoms with van der Waals surface area (Å²) in [5.41, 5.74) is 2.95. The zero-order valence-corrected chi connectivity index (χ0v) is 19.2. The highest BCUT2D eigenvalue weighted by Crippen LogP contribution is 2.32. The van der Waals surface area contributed by atoms with Crippen molar-refractivity contribution in [3.05, 3.63) is 89.0 Å². The molecule has 2 N–H and O–H groups in total. The molecule has 2 heterocycles. The lowest BCUT2D eigenvalue weighted by Gasteiger charge is -2.34. The Morgan fingerprint density at radius 3 is 2.51 bits per heavy atom. The number of amides is 1. The number of rotatable bonds is 7. The molecule has 0 atom stereocenters. The number of ether oxygens (including phenoxy) is 2. The van der Waals surface area contributed by atoms with Crippen LogP contribution in [0.4, 0.5) is 14.5 Å². The predicted octanol–water partition coefficient (Wildman–Crippen LogP) is 4.38. The number of nitrogens with one attached hydrogen (secondary N) is 2. The summed E-state index contributed by atoms with van der Waals surface area (Å²) in [6.07, 6.45) is 1.80. The maximum atomic E-state index is 13.8. The van der Waals surface area contributed by atoms with Crippen LogP contribution in [-0.2, 0) is 13.1 Å². The lowest BCUT2D eigenvalue weighted by molar-refractivity contribution is 0.0951. The molecule has 1 fully saturated rings. The van der Waals surface area contributed by atoms with Crippen LogP contribution in [0.25, 0.3) is 0 Å². The van der Waals surface area contributed by atoms with Crippen molar-refractivity contribution in [1.29, 1.82) is 0 Å². The molecule has 1 amide bonds. The maximum absolute atomic E-state index is 13.8. The van der Waals surface area contributed by atoms with Gasteiger partial charge in [-0.3, -0.25) is 4.79 Å². The van der Waals surface area contributed by atoms with E-state index in [0.29, 0.717) is 30.0 Å². The van der Waals surface area contributed by atoms with Gasteiger partial charge in [0.1, 0.15) is 0 Å². The zero-order valence-electron chi connectivity index (χ0n) is 19.2. The Morgan fingerprint density at radius 2 is 1.71 bits per heavy atom. The van der Waals surface area contributed by atoms with Crippen LogP contribution in [-0.4, -0.2) is 31.8 Å². The van der Waals surface area contributed by atoms with Gasteiger partial charge in [-0.2, -0.15) is 0 Å². The number of carbonyl (C=O) groups is 1. The van der Waals surface area contributed by atoms with Crippen LogP contribution in [0.5, 0.6) is 11.5 Å². The molecular formula is C27H27F2N3O3. The second-order valence-corrected chi connectivity index (χ2v) is 8.77. The minimum Gasteiger partial charge on any atom is -0.454 e. The molecule has 0 radical (unpaired) electrons. The molecule has 0 unspecified atom stereocenters. The molecule has 0 bridgehead atoms. The Balaban J connectivity index is 1.09. The number of fused-ring (bicyclic) bond motifs is 1. The van der Waals surface area contributed by atoms with Gasteiger partial charge in [-0.25, -0.2) is 8.78 Å². The van der Waals surface area contributed by atoms with Crippen molar-refractivity contribution in [2.75, 3.05) is 24.8 Å². The van der Waals surface area contributed by atoms with Crippen LogP contribution >= 0.6 is 0 Å². The number of piperidine rings is 1. The first-order valence-corrected chi connectivity index (χ1v) is 11.7. The van der Waals surface area contributed by atoms with Crippen molar-refractivity contribution in [2.45, 2.75) is 32.0 Å². The van der Waals surface area contributed by atoms with Gasteiger partial charge < -0.3 is 25.0 Å². The molecule has 6 nitrogen and oxygen atoms in total. The van der Waals surface area contributed by atoms with Gasteiger partial charge in [-0.15, -0.1) is 0 Å². The lowest BCUT2D eigenvalue weighted by atomic mass is 10.0. The molecular weight excluding hydrogens is 452 g/mol. The van der Waals surface area contributed by atoms with Gasteiger partial charge in [0.05, 0.1) is 0 Å². The predicted molar refractivity (Wildman–Crippen MR) is 129 cm³/mol. The smallest absolute Gasteiger partial charge is 0.251 e. The molecule has 0 aliphatic carbocycles. The highest BCUT2D eigenvalue weighted by molar-refractivity contribution is 5.94. The first-order chi connectivity index (χ1) is 17.1. The molecule has 182 valence electrons. The topological polar surface area (TPSA) is 62.8 Å². The van der Waals surface area contributed by atoms with E-state index in [1.54, 1.807) is 6.07 Å². The molecule has 3 aromatic rings. The fraction of sp³-hybridized carbons (Fsp3) is 0.296. The highest BCUT2D eigenvalue weighted by atomic mass is 19.2. The largest absolute Gasteiger partial charge is 0.454 e. The Morgan fingerprint density at radius 1 is 0.943 bits per heavy atom. The molecule has 2 aliphatic heterocycles. The molecule has 5 rings (SSSR count). The minimum atomic E-state index is -0.816. The van der Waals surface area contributed by atoms with E-state index in [1.165, 1.54) is 6.07 Å². The summed E-state index contributed by atoms with van der Waals surface area (Å²) in [7, 11) is 0. The van der Waals surface area contributed by atoms with Gasteiger partial charge >= 0.3 is 0 Å². The van der Waals surface area contributed by atoms with Gasteiger partial charge in [0.25, 0.3) is 5.91 Å². The molecule has 35 heavy (non-hydrogen) atoms. The van der Waals surface area contributed by atoms with E-state index in [0.717, 1.165) is 49.0 Å². The van der Waals surface area contributed by atoms with Crippen molar-refractivity contribution in [1.82, 2.24) is 10.6 Å². The normalized spacial score (nSPS) is 15.3. The average molecular weight is 480 g/mol. The van der Waals surface area contributed by atoms with Gasteiger partial charge in [0, 0.05) is 49.0 Å². The summed E-state index contributed by atoms with van der Waals surface area (Å²) in [6, 6.07) is 17.7. The van der Waals surface area contributed by atoms with Crippen LogP contribution in [0.3, 0.4) is 0 Å². The van der Waals surface area contributed by atoms with Crippen LogP contribution in [0.15, 0.2) is 60.7 Å². The van der Waals surface area contributed by atoms with Crippen molar-refractivity contribution >= 4 is 11.6 Å². The van der Waals surface area contributed by atoms with E-state index in [1.807, 2.05) is 42.5 Å². The van der Waals surface area contributed by atoms with Crippen LogP contribution in [0, 0.1) is 11.6 Å². The number of benzene rings is 3. The second kappa shape index (κ2) is 10.3. The van der Waals surface area contributed by atoms with Crippen LogP contribution < -0.4 is 25.0 Å². The fourth-order valence-corrected chi connectivity index (χ4v) is 4.44. The maximum Gasteiger partial charge on any atom is 0.251 e. The molecule has 3 aromatic carbocycles. The number of hydrogen-bond donors (Lipinski definition) is 2. The molecule has 1 saturated heterocycles. The van der Waals surface area contributed by atoms with E-state index in [2.05, 4.69) is 15.5 Å². The Kier molecular flexibility index (Phi) is 6.81. The Labute approximate surface area is 202 Å². The van der Waals surface area contributed by atoms with E-state index >= 15 is 0 Å². The third-order valence-corrected chi connectivity index (χ3v) is 6.49. The lowest BCUT2D eigenvalue weighted by Crippen LogP contribution is -2.42. The van der Waals surface area contributed by atoms with Gasteiger partial charge in [0.15, 0.2) is 23.1 Å². The minimum absolute atomic E-state index is 0.137. The summed E-state index contributed by atoms with van der Waals surface area (Å²) in [5, 5.41) is 6.28. The standard InChI is InChI=1S/C27H27F2N3O3/c28-23-3-1-2-20(26(23)29)16-30-21-10-12-32(13-11-21)22-7-5-19(6-8-22)27(33)31-15-18-4-9-24-25(14-18)35-17-34-24/h1-9,14,21,30H,10-13,15-17H2,(H,31,33). The Bertz CT molecular complexity index is 1190. The first kappa shape index (κ1) is 23.1. The van der Waals surface area contributed by atoms with Crippen molar-refractivity contribution < 1.29 is 23.0 Å². The van der Waals surface area contributed by atoms with E-state index in [-0.39, 0.29) is 18.7 Å². The van der Waals surface area contributed by atoms with Crippen molar-refractivity contribution in [2.24, 2.45) is 0 Å². The van der Waals surface area contributed by atoms with Gasteiger partial charge in [0.2, 0.25) is 6.79 Å². The number of halogens is 2. The number of anilines is 1. The average Bonchev–Trinajstić information content (AvgIpc) is 3.37. The van der Waals surface area contributed by atoms with Crippen LogP contribution in [0.2, 0.25) is 0 Å². The number of carbonyl (C=O) groups excluding carboxylic acids is 1. The van der Waals surface area contributed by atoms with E-state index < -0.39 is 11.6 Å². The van der Waals surface area contributed by atoms with E-state index in [4.69, 9.17) is 9.47 Å². The summed E-state index contributed by atoms with van der Waals surface area (Å²) in [4.78, 5) is 14.9. The monoisotopic (exact) mass is 479 g/mol. The summed E-state index contributed by atoms with van der Waals surface area (Å²) in [6.45, 7) is 2.63. The second-order valence-electron chi connectivity index (χ2n) is 8.77. The third-order valence-electron chi connectivity index (χ3n) is 6.49. The van der Waals surface area contributed by atoms with E-state index in [9.17, 15) is 13.6 Å². The summed E-state index contributed by atoms with van der Waals surface area (Å²) >= 11 is 0. The number of hydrogen-bond acceptors (Lipinski definition) is 5. The number of nitrogens with zero attached hydrogens (tertiary/aromatic N) is 1. The third kappa shape index (κ3) is 5.38. The quantitative estimate of drug-likeness (QED) is 0.527.